The van der Waals surface area contributed by atoms with Gasteiger partial charge in [-0.3, -0.25) is 4.79 Å². The molecule has 8 heteroatoms. The predicted octanol–water partition coefficient (Wildman–Crippen LogP) is 3.72. The van der Waals surface area contributed by atoms with Gasteiger partial charge >= 0.3 is 0 Å². The Labute approximate surface area is 154 Å². The molecular weight excluding hydrogens is 375 g/mol. The fourth-order valence-electron chi connectivity index (χ4n) is 2.41. The molecule has 3 aromatic rings. The van der Waals surface area contributed by atoms with Crippen molar-refractivity contribution in [2.45, 2.75) is 10.9 Å². The zero-order valence-electron chi connectivity index (χ0n) is 13.7. The van der Waals surface area contributed by atoms with Gasteiger partial charge in [0.05, 0.1) is 4.90 Å². The highest BCUT2D eigenvalue weighted by atomic mass is 32.2. The van der Waals surface area contributed by atoms with E-state index in [4.69, 9.17) is 0 Å². The number of nitrogens with one attached hydrogen (secondary N) is 1. The highest BCUT2D eigenvalue weighted by Gasteiger charge is 2.23. The van der Waals surface area contributed by atoms with E-state index in [9.17, 15) is 17.6 Å². The van der Waals surface area contributed by atoms with E-state index >= 15 is 0 Å². The van der Waals surface area contributed by atoms with Gasteiger partial charge in [-0.2, -0.15) is 0 Å². The number of benzene rings is 2. The number of rotatable bonds is 6. The monoisotopic (exact) mass is 390 g/mol. The Balaban J connectivity index is 1.97. The first-order chi connectivity index (χ1) is 12.3. The second-order valence-corrected chi connectivity index (χ2v) is 8.54. The first-order valence-corrected chi connectivity index (χ1v) is 10.4. The Bertz CT molecular complexity index is 1000. The lowest BCUT2D eigenvalue weighted by atomic mass is 9.97. The Morgan fingerprint density at radius 2 is 1.77 bits per heavy atom. The number of aromatic nitrogens is 1. The van der Waals surface area contributed by atoms with Crippen molar-refractivity contribution in [3.05, 3.63) is 77.1 Å². The topological polar surface area (TPSA) is 76.1 Å². The number of halogens is 1. The lowest BCUT2D eigenvalue weighted by Crippen LogP contribution is -2.21. The summed E-state index contributed by atoms with van der Waals surface area (Å²) in [6, 6.07) is 10.6. The number of thiazole rings is 1. The number of hydrogen-bond acceptors (Lipinski definition) is 6. The summed E-state index contributed by atoms with van der Waals surface area (Å²) in [6.07, 6.45) is 2.73. The maximum Gasteiger partial charge on any atom is 0.189 e. The molecule has 0 aliphatic carbocycles. The summed E-state index contributed by atoms with van der Waals surface area (Å²) in [5.74, 6) is -0.698. The van der Waals surface area contributed by atoms with Gasteiger partial charge in [0, 0.05) is 23.4 Å². The number of ketones is 1. The van der Waals surface area contributed by atoms with E-state index in [1.54, 1.807) is 23.7 Å². The van der Waals surface area contributed by atoms with Crippen molar-refractivity contribution in [1.82, 2.24) is 4.98 Å². The molecule has 134 valence electrons. The summed E-state index contributed by atoms with van der Waals surface area (Å²) >= 11 is 1.34. The molecule has 1 atom stereocenters. The maximum absolute atomic E-state index is 13.1. The van der Waals surface area contributed by atoms with E-state index in [1.807, 2.05) is 0 Å². The number of nitrogens with zero attached hydrogens (tertiary/aromatic N) is 1. The second kappa shape index (κ2) is 7.35. The molecule has 0 amide bonds. The van der Waals surface area contributed by atoms with Crippen LogP contribution in [0.5, 0.6) is 0 Å². The number of sulfone groups is 1. The summed E-state index contributed by atoms with van der Waals surface area (Å²) in [7, 11) is -3.33. The molecule has 0 aliphatic rings. The quantitative estimate of drug-likeness (QED) is 0.649. The van der Waals surface area contributed by atoms with Crippen LogP contribution in [0.3, 0.4) is 0 Å². The lowest BCUT2D eigenvalue weighted by molar-refractivity contribution is 0.0969. The van der Waals surface area contributed by atoms with Crippen molar-refractivity contribution >= 4 is 32.1 Å². The third-order valence-corrected chi connectivity index (χ3v) is 5.57. The molecule has 2 aromatic carbocycles. The first-order valence-electron chi connectivity index (χ1n) is 7.60. The third-order valence-electron chi connectivity index (χ3n) is 3.73. The normalized spacial score (nSPS) is 12.5. The Morgan fingerprint density at radius 1 is 1.12 bits per heavy atom. The fraction of sp³-hybridized carbons (Fsp3) is 0.111. The zero-order chi connectivity index (χ0) is 18.7. The molecule has 26 heavy (non-hydrogen) atoms. The SMILES string of the molecule is CS(=O)(=O)c1ccc(C(Nc2nccs2)C(=O)c2ccc(F)cc2)cc1. The Hall–Kier alpha value is -2.58. The molecule has 5 nitrogen and oxygen atoms in total. The van der Waals surface area contributed by atoms with Gasteiger partial charge in [0.25, 0.3) is 0 Å². The van der Waals surface area contributed by atoms with Crippen molar-refractivity contribution in [3.63, 3.8) is 0 Å². The average molecular weight is 390 g/mol. The zero-order valence-corrected chi connectivity index (χ0v) is 15.4. The molecule has 0 saturated heterocycles. The van der Waals surface area contributed by atoms with E-state index in [0.717, 1.165) is 6.26 Å². The Morgan fingerprint density at radius 3 is 2.31 bits per heavy atom. The number of Topliss-reactive ketones (excluding diaryl/α,β-unsaturated/α-hetero) is 1. The summed E-state index contributed by atoms with van der Waals surface area (Å²) in [4.78, 5) is 17.2. The summed E-state index contributed by atoms with van der Waals surface area (Å²) in [6.45, 7) is 0. The van der Waals surface area contributed by atoms with Crippen LogP contribution in [0.2, 0.25) is 0 Å². The average Bonchev–Trinajstić information content (AvgIpc) is 3.12. The minimum absolute atomic E-state index is 0.170. The van der Waals surface area contributed by atoms with Crippen molar-refractivity contribution in [2.75, 3.05) is 11.6 Å². The smallest absolute Gasteiger partial charge is 0.189 e. The van der Waals surface area contributed by atoms with Gasteiger partial charge in [0.2, 0.25) is 0 Å². The number of anilines is 1. The van der Waals surface area contributed by atoms with Crippen LogP contribution in [0.15, 0.2) is 65.0 Å². The van der Waals surface area contributed by atoms with E-state index in [0.29, 0.717) is 16.3 Å². The number of hydrogen-bond donors (Lipinski definition) is 1. The van der Waals surface area contributed by atoms with Crippen LogP contribution in [0.25, 0.3) is 0 Å². The van der Waals surface area contributed by atoms with Gasteiger partial charge in [-0.25, -0.2) is 17.8 Å². The molecule has 1 heterocycles. The highest BCUT2D eigenvalue weighted by molar-refractivity contribution is 7.90. The maximum atomic E-state index is 13.1. The molecule has 3 rings (SSSR count). The van der Waals surface area contributed by atoms with Crippen LogP contribution in [0.4, 0.5) is 9.52 Å². The van der Waals surface area contributed by atoms with Crippen LogP contribution in [-0.2, 0) is 9.84 Å². The third kappa shape index (κ3) is 4.14. The molecule has 1 unspecified atom stereocenters. The van der Waals surface area contributed by atoms with Gasteiger partial charge in [-0.05, 0) is 42.0 Å². The van der Waals surface area contributed by atoms with Crippen LogP contribution < -0.4 is 5.32 Å². The van der Waals surface area contributed by atoms with Crippen LogP contribution in [0.1, 0.15) is 22.0 Å². The van der Waals surface area contributed by atoms with E-state index in [2.05, 4.69) is 10.3 Å². The molecule has 0 aliphatic heterocycles. The molecule has 1 N–H and O–H groups in total. The van der Waals surface area contributed by atoms with E-state index in [1.165, 1.54) is 47.7 Å². The molecule has 0 fully saturated rings. The van der Waals surface area contributed by atoms with Crippen LogP contribution >= 0.6 is 11.3 Å². The van der Waals surface area contributed by atoms with Crippen molar-refractivity contribution in [2.24, 2.45) is 0 Å². The number of carbonyl (C=O) groups is 1. The summed E-state index contributed by atoms with van der Waals surface area (Å²) in [5.41, 5.74) is 0.926. The van der Waals surface area contributed by atoms with Crippen molar-refractivity contribution in [3.8, 4) is 0 Å². The van der Waals surface area contributed by atoms with Crippen LogP contribution in [-0.4, -0.2) is 25.4 Å². The van der Waals surface area contributed by atoms with Crippen molar-refractivity contribution < 1.29 is 17.6 Å². The molecule has 0 radical (unpaired) electrons. The van der Waals surface area contributed by atoms with Gasteiger partial charge in [-0.15, -0.1) is 11.3 Å². The fourth-order valence-corrected chi connectivity index (χ4v) is 3.60. The minimum atomic E-state index is -3.33. The van der Waals surface area contributed by atoms with Crippen LogP contribution in [0, 0.1) is 5.82 Å². The van der Waals surface area contributed by atoms with E-state index in [-0.39, 0.29) is 10.7 Å². The first kappa shape index (κ1) is 18.2. The summed E-state index contributed by atoms with van der Waals surface area (Å²) in [5, 5.41) is 5.39. The molecule has 0 spiro atoms. The predicted molar refractivity (Wildman–Crippen MR) is 98.8 cm³/mol. The van der Waals surface area contributed by atoms with Gasteiger partial charge in [-0.1, -0.05) is 12.1 Å². The molecule has 0 bridgehead atoms. The van der Waals surface area contributed by atoms with Gasteiger partial charge < -0.3 is 5.32 Å². The highest BCUT2D eigenvalue weighted by Crippen LogP contribution is 2.26. The van der Waals surface area contributed by atoms with Crippen molar-refractivity contribution in [1.29, 1.82) is 0 Å². The number of carbonyl (C=O) groups excluding carboxylic acids is 1. The van der Waals surface area contributed by atoms with E-state index < -0.39 is 21.7 Å². The largest absolute Gasteiger partial charge is 0.347 e. The molecule has 1 aromatic heterocycles. The van der Waals surface area contributed by atoms with Gasteiger partial charge in [0.15, 0.2) is 20.8 Å². The lowest BCUT2D eigenvalue weighted by Gasteiger charge is -2.18. The standard InChI is InChI=1S/C18H15FN2O3S2/c1-26(23,24)15-8-4-12(5-9-15)16(21-18-20-10-11-25-18)17(22)13-2-6-14(19)7-3-13/h2-11,16H,1H3,(H,20,21). The summed E-state index contributed by atoms with van der Waals surface area (Å²) < 4.78 is 36.4. The second-order valence-electron chi connectivity index (χ2n) is 5.63. The molecular formula is C18H15FN2O3S2. The molecule has 0 saturated carbocycles. The minimum Gasteiger partial charge on any atom is -0.347 e. The van der Waals surface area contributed by atoms with Gasteiger partial charge in [0.1, 0.15) is 11.9 Å². The Kier molecular flexibility index (Phi) is 5.15.